The zero-order valence-electron chi connectivity index (χ0n) is 50.0. The van der Waals surface area contributed by atoms with Crippen molar-refractivity contribution in [3.63, 3.8) is 0 Å². The van der Waals surface area contributed by atoms with E-state index in [1.807, 2.05) is 0 Å². The van der Waals surface area contributed by atoms with Crippen LogP contribution >= 0.6 is 0 Å². The second-order valence-electron chi connectivity index (χ2n) is 27.3. The maximum atomic E-state index is 2.68. The number of hydrogen-bond acceptors (Lipinski definition) is 2. The Morgan fingerprint density at radius 3 is 1.18 bits per heavy atom. The van der Waals surface area contributed by atoms with E-state index in [1.165, 1.54) is 195 Å². The Kier molecular flexibility index (Phi) is 10.8. The number of benzene rings is 12. The molecule has 2 fully saturated rings. The molecule has 2 heterocycles. The standard InChI is InChI=1S/C83H72N2/c1-79(2)72-42-38-54(60-30-20-36-66-62(32-22-34-64(60)66)56-40-44-76-74(52-56)81(4)46-16-18-48-83(81,6)85(76)58-25-11-8-12-26-58)50-71(72)77-68-28-14-13-27-67(68)70-49-53(37-41-69(70)78(77)79)59-29-19-35-65-61(31-21-33-63(59)65)55-39-43-75-73(51-55)80(3)45-15-17-47-82(80,5)84(75)57-23-9-7-10-24-57/h7-14,19-44,49-52H,15-18,45-48H2,1-6H3. The molecule has 0 amide bonds. The van der Waals surface area contributed by atoms with Gasteiger partial charge in [-0.05, 0) is 221 Å². The first-order valence-corrected chi connectivity index (χ1v) is 31.6. The molecular formula is C83H72N2. The highest BCUT2D eigenvalue weighted by atomic mass is 15.3. The van der Waals surface area contributed by atoms with Crippen molar-refractivity contribution in [2.75, 3.05) is 9.80 Å². The molecule has 4 unspecified atom stereocenters. The van der Waals surface area contributed by atoms with E-state index in [2.05, 4.69) is 282 Å². The number of hydrogen-bond donors (Lipinski definition) is 0. The van der Waals surface area contributed by atoms with Gasteiger partial charge in [0.25, 0.3) is 0 Å². The maximum Gasteiger partial charge on any atom is 0.0517 e. The van der Waals surface area contributed by atoms with E-state index in [4.69, 9.17) is 0 Å². The molecule has 0 saturated heterocycles. The first-order valence-electron chi connectivity index (χ1n) is 31.6. The Labute approximate surface area is 501 Å². The van der Waals surface area contributed by atoms with E-state index < -0.39 is 0 Å². The molecule has 2 nitrogen and oxygen atoms in total. The van der Waals surface area contributed by atoms with Crippen molar-refractivity contribution in [1.29, 1.82) is 0 Å². The van der Waals surface area contributed by atoms with Crippen LogP contribution in [0.15, 0.2) is 231 Å². The zero-order chi connectivity index (χ0) is 57.2. The number of fused-ring (bicyclic) bond motifs is 16. The zero-order valence-corrected chi connectivity index (χ0v) is 50.0. The molecule has 4 atom stereocenters. The van der Waals surface area contributed by atoms with E-state index in [0.29, 0.717) is 0 Å². The fourth-order valence-corrected chi connectivity index (χ4v) is 18.3. The lowest BCUT2D eigenvalue weighted by atomic mass is 9.61. The summed E-state index contributed by atoms with van der Waals surface area (Å²) >= 11 is 0. The normalized spacial score (nSPS) is 22.6. The van der Waals surface area contributed by atoms with E-state index >= 15 is 0 Å². The van der Waals surface area contributed by atoms with Crippen LogP contribution in [0.25, 0.3) is 98.7 Å². The largest absolute Gasteiger partial charge is 0.334 e. The first kappa shape index (κ1) is 50.8. The lowest BCUT2D eigenvalue weighted by Gasteiger charge is -2.50. The number of rotatable bonds is 6. The Hall–Kier alpha value is -8.72. The lowest BCUT2D eigenvalue weighted by Crippen LogP contribution is -2.54. The summed E-state index contributed by atoms with van der Waals surface area (Å²) in [5, 5.41) is 10.4. The van der Waals surface area contributed by atoms with Gasteiger partial charge in [0.15, 0.2) is 0 Å². The monoisotopic (exact) mass is 1100 g/mol. The van der Waals surface area contributed by atoms with E-state index in [0.717, 1.165) is 0 Å². The van der Waals surface area contributed by atoms with Crippen molar-refractivity contribution in [3.05, 3.63) is 253 Å². The molecule has 17 rings (SSSR count). The molecule has 3 aliphatic carbocycles. The van der Waals surface area contributed by atoms with Crippen LogP contribution in [0.2, 0.25) is 0 Å². The van der Waals surface area contributed by atoms with Crippen LogP contribution in [0.3, 0.4) is 0 Å². The van der Waals surface area contributed by atoms with Crippen LogP contribution in [0.4, 0.5) is 22.7 Å². The van der Waals surface area contributed by atoms with Crippen molar-refractivity contribution in [2.45, 2.75) is 120 Å². The molecule has 0 bridgehead atoms. The number of para-hydroxylation sites is 2. The van der Waals surface area contributed by atoms with E-state index in [1.54, 1.807) is 0 Å². The van der Waals surface area contributed by atoms with Gasteiger partial charge in [0.05, 0.1) is 11.1 Å². The van der Waals surface area contributed by atoms with Crippen molar-refractivity contribution < 1.29 is 0 Å². The third-order valence-electron chi connectivity index (χ3n) is 22.9. The first-order chi connectivity index (χ1) is 41.4. The van der Waals surface area contributed by atoms with E-state index in [9.17, 15) is 0 Å². The summed E-state index contributed by atoms with van der Waals surface area (Å²) in [5.41, 5.74) is 24.0. The molecule has 12 aromatic carbocycles. The number of nitrogens with zero attached hydrogens (tertiary/aromatic N) is 2. The van der Waals surface area contributed by atoms with Gasteiger partial charge in [-0.15, -0.1) is 0 Å². The molecule has 12 aromatic rings. The average molecular weight is 1100 g/mol. The van der Waals surface area contributed by atoms with Crippen molar-refractivity contribution in [2.24, 2.45) is 0 Å². The molecule has 0 spiro atoms. The Bertz CT molecular complexity index is 4780. The lowest BCUT2D eigenvalue weighted by molar-refractivity contribution is 0.195. The molecule has 2 saturated carbocycles. The Morgan fingerprint density at radius 2 is 0.682 bits per heavy atom. The fourth-order valence-electron chi connectivity index (χ4n) is 18.3. The molecule has 0 aromatic heterocycles. The highest BCUT2D eigenvalue weighted by Gasteiger charge is 2.59. The summed E-state index contributed by atoms with van der Waals surface area (Å²) in [7, 11) is 0. The van der Waals surface area contributed by atoms with Crippen LogP contribution in [-0.2, 0) is 16.2 Å². The van der Waals surface area contributed by atoms with Gasteiger partial charge in [0.1, 0.15) is 0 Å². The van der Waals surface area contributed by atoms with Crippen molar-refractivity contribution in [3.8, 4) is 55.6 Å². The van der Waals surface area contributed by atoms with Gasteiger partial charge in [0.2, 0.25) is 0 Å². The van der Waals surface area contributed by atoms with Crippen molar-refractivity contribution in [1.82, 2.24) is 0 Å². The molecule has 0 radical (unpaired) electrons. The van der Waals surface area contributed by atoms with Gasteiger partial charge < -0.3 is 9.80 Å². The Balaban J connectivity index is 0.756. The van der Waals surface area contributed by atoms with Gasteiger partial charge in [-0.25, -0.2) is 0 Å². The Morgan fingerprint density at radius 1 is 0.282 bits per heavy atom. The van der Waals surface area contributed by atoms with Gasteiger partial charge in [0, 0.05) is 39.0 Å². The topological polar surface area (TPSA) is 6.48 Å². The fraction of sp³-hybridized carbons (Fsp3) is 0.229. The second-order valence-corrected chi connectivity index (χ2v) is 27.3. The van der Waals surface area contributed by atoms with E-state index in [-0.39, 0.29) is 27.3 Å². The van der Waals surface area contributed by atoms with Crippen LogP contribution in [0.5, 0.6) is 0 Å². The molecule has 2 aliphatic heterocycles. The molecule has 85 heavy (non-hydrogen) atoms. The molecular weight excluding hydrogens is 1020 g/mol. The summed E-state index contributed by atoms with van der Waals surface area (Å²) in [4.78, 5) is 5.37. The summed E-state index contributed by atoms with van der Waals surface area (Å²) < 4.78 is 0. The van der Waals surface area contributed by atoms with Gasteiger partial charge in [-0.1, -0.05) is 223 Å². The minimum absolute atomic E-state index is 0.0118. The minimum Gasteiger partial charge on any atom is -0.334 e. The predicted molar refractivity (Wildman–Crippen MR) is 361 cm³/mol. The average Bonchev–Trinajstić information content (AvgIpc) is 1.69. The smallest absolute Gasteiger partial charge is 0.0517 e. The summed E-state index contributed by atoms with van der Waals surface area (Å²) in [6.07, 6.45) is 9.85. The highest BCUT2D eigenvalue weighted by Crippen LogP contribution is 2.64. The predicted octanol–water partition coefficient (Wildman–Crippen LogP) is 22.8. The molecule has 5 aliphatic rings. The summed E-state index contributed by atoms with van der Waals surface area (Å²) in [6, 6.07) is 88.9. The second kappa shape index (κ2) is 18.1. The molecule has 414 valence electrons. The summed E-state index contributed by atoms with van der Waals surface area (Å²) in [6.45, 7) is 15.1. The van der Waals surface area contributed by atoms with Crippen LogP contribution in [0, 0.1) is 0 Å². The third kappa shape index (κ3) is 6.89. The van der Waals surface area contributed by atoms with Gasteiger partial charge >= 0.3 is 0 Å². The number of anilines is 4. The molecule has 0 N–H and O–H groups in total. The third-order valence-corrected chi connectivity index (χ3v) is 22.9. The minimum atomic E-state index is -0.220. The highest BCUT2D eigenvalue weighted by molar-refractivity contribution is 6.20. The van der Waals surface area contributed by atoms with Gasteiger partial charge in [-0.2, -0.15) is 0 Å². The summed E-state index contributed by atoms with van der Waals surface area (Å²) in [5.74, 6) is 0. The van der Waals surface area contributed by atoms with Crippen molar-refractivity contribution >= 4 is 65.8 Å². The van der Waals surface area contributed by atoms with Crippen LogP contribution < -0.4 is 9.80 Å². The quantitative estimate of drug-likeness (QED) is 0.153. The SMILES string of the molecule is CC1(C)c2ccc(-c3cccc4c(-c5ccc6c(c5)C5(C)CCCCC5(C)N6c5ccccc5)cccc34)cc2-c2c1c1ccc(-c3cccc4c(-c5ccc6c(c5)C5(C)CCCCC5(C)N6c5ccccc5)cccc34)cc1c1ccccc21. The molecule has 2 heteroatoms. The van der Waals surface area contributed by atoms with Gasteiger partial charge in [-0.3, -0.25) is 0 Å². The maximum absolute atomic E-state index is 2.68. The van der Waals surface area contributed by atoms with Crippen LogP contribution in [-0.4, -0.2) is 11.1 Å². The van der Waals surface area contributed by atoms with Crippen LogP contribution in [0.1, 0.15) is 115 Å².